The first-order valence-corrected chi connectivity index (χ1v) is 13.5. The summed E-state index contributed by atoms with van der Waals surface area (Å²) < 4.78 is 39.0. The van der Waals surface area contributed by atoms with Crippen LogP contribution in [0.15, 0.2) is 77.7 Å². The summed E-state index contributed by atoms with van der Waals surface area (Å²) in [6.07, 6.45) is 2.38. The van der Waals surface area contributed by atoms with E-state index in [1.54, 1.807) is 24.3 Å². The highest BCUT2D eigenvalue weighted by Gasteiger charge is 2.27. The van der Waals surface area contributed by atoms with Crippen molar-refractivity contribution >= 4 is 21.6 Å². The predicted octanol–water partition coefficient (Wildman–Crippen LogP) is 4.74. The molecule has 0 spiro atoms. The lowest BCUT2D eigenvalue weighted by atomic mass is 10.1. The maximum atomic E-state index is 13.5. The third-order valence-electron chi connectivity index (χ3n) is 5.64. The number of ether oxygens (including phenoxy) is 2. The summed E-state index contributed by atoms with van der Waals surface area (Å²) in [5.74, 6) is 1.04. The van der Waals surface area contributed by atoms with Crippen LogP contribution in [0.5, 0.6) is 11.5 Å². The molecule has 1 amide bonds. The number of nitrogens with zero attached hydrogens (tertiary/aromatic N) is 1. The second-order valence-electron chi connectivity index (χ2n) is 8.43. The lowest BCUT2D eigenvalue weighted by Crippen LogP contribution is -2.41. The summed E-state index contributed by atoms with van der Waals surface area (Å²) in [6, 6.07) is 21.1. The van der Waals surface area contributed by atoms with Crippen molar-refractivity contribution in [3.63, 3.8) is 0 Å². The predicted molar refractivity (Wildman–Crippen MR) is 142 cm³/mol. The van der Waals surface area contributed by atoms with Crippen LogP contribution in [-0.2, 0) is 21.2 Å². The smallest absolute Gasteiger partial charge is 0.264 e. The van der Waals surface area contributed by atoms with E-state index in [0.717, 1.165) is 34.0 Å². The van der Waals surface area contributed by atoms with Crippen LogP contribution in [-0.4, -0.2) is 41.1 Å². The van der Waals surface area contributed by atoms with Crippen LogP contribution in [0.2, 0.25) is 0 Å². The molecule has 0 aliphatic carbocycles. The van der Waals surface area contributed by atoms with Gasteiger partial charge in [-0.25, -0.2) is 8.42 Å². The fourth-order valence-corrected chi connectivity index (χ4v) is 5.08. The maximum Gasteiger partial charge on any atom is 0.264 e. The number of methoxy groups -OCH3 is 1. The fourth-order valence-electron chi connectivity index (χ4n) is 3.66. The number of carbonyl (C=O) groups is 1. The van der Waals surface area contributed by atoms with Gasteiger partial charge in [0.15, 0.2) is 0 Å². The molecule has 0 radical (unpaired) electrons. The van der Waals surface area contributed by atoms with Crippen molar-refractivity contribution in [2.75, 3.05) is 31.1 Å². The molecule has 0 aliphatic heterocycles. The van der Waals surface area contributed by atoms with E-state index in [9.17, 15) is 13.2 Å². The normalized spacial score (nSPS) is 11.1. The first-order valence-electron chi connectivity index (χ1n) is 12.1. The molecule has 192 valence electrons. The van der Waals surface area contributed by atoms with Crippen molar-refractivity contribution in [3.8, 4) is 11.5 Å². The Morgan fingerprint density at radius 3 is 2.33 bits per heavy atom. The van der Waals surface area contributed by atoms with Crippen LogP contribution in [0.25, 0.3) is 0 Å². The van der Waals surface area contributed by atoms with Crippen LogP contribution in [0.1, 0.15) is 30.9 Å². The van der Waals surface area contributed by atoms with Crippen molar-refractivity contribution in [2.45, 2.75) is 38.0 Å². The minimum Gasteiger partial charge on any atom is -0.497 e. The molecule has 0 unspecified atom stereocenters. The highest BCUT2D eigenvalue weighted by atomic mass is 32.2. The number of hydrogen-bond donors (Lipinski definition) is 1. The Balaban J connectivity index is 1.67. The van der Waals surface area contributed by atoms with Gasteiger partial charge in [-0.2, -0.15) is 0 Å². The number of sulfonamides is 1. The summed E-state index contributed by atoms with van der Waals surface area (Å²) >= 11 is 0. The van der Waals surface area contributed by atoms with Crippen LogP contribution in [0, 0.1) is 6.92 Å². The minimum atomic E-state index is -3.97. The fraction of sp³-hybridized carbons (Fsp3) is 0.321. The number of hydrogen-bond acceptors (Lipinski definition) is 5. The molecule has 0 aromatic heterocycles. The van der Waals surface area contributed by atoms with Gasteiger partial charge < -0.3 is 14.8 Å². The Bertz CT molecular complexity index is 1230. The van der Waals surface area contributed by atoms with E-state index in [1.807, 2.05) is 43.3 Å². The zero-order chi connectivity index (χ0) is 26.0. The summed E-state index contributed by atoms with van der Waals surface area (Å²) in [5.41, 5.74) is 2.50. The summed E-state index contributed by atoms with van der Waals surface area (Å²) in [7, 11) is -2.46. The molecular weight excluding hydrogens is 476 g/mol. The Morgan fingerprint density at radius 1 is 0.972 bits per heavy atom. The molecule has 0 atom stereocenters. The van der Waals surface area contributed by atoms with Crippen LogP contribution >= 0.6 is 0 Å². The molecule has 3 aromatic rings. The Hall–Kier alpha value is -3.52. The van der Waals surface area contributed by atoms with E-state index in [1.165, 1.54) is 19.2 Å². The second kappa shape index (κ2) is 13.0. The standard InChI is InChI=1S/C28H34N2O5S/c1-4-20-35-27-10-6-5-8-23(27)9-7-19-29-28(31)21-30(24-13-11-22(2)12-14-24)36(32,33)26-17-15-25(34-3)16-18-26/h5-6,8,10-18H,4,7,9,19-21H2,1-3H3,(H,29,31). The summed E-state index contributed by atoms with van der Waals surface area (Å²) in [6.45, 7) is 4.74. The minimum absolute atomic E-state index is 0.0837. The van der Waals surface area contributed by atoms with Crippen molar-refractivity contribution < 1.29 is 22.7 Å². The van der Waals surface area contributed by atoms with Gasteiger partial charge in [0.25, 0.3) is 10.0 Å². The van der Waals surface area contributed by atoms with Gasteiger partial charge in [-0.05, 0) is 74.2 Å². The van der Waals surface area contributed by atoms with Crippen molar-refractivity contribution in [2.24, 2.45) is 0 Å². The summed E-state index contributed by atoms with van der Waals surface area (Å²) in [5, 5.41) is 2.86. The van der Waals surface area contributed by atoms with Crippen LogP contribution < -0.4 is 19.1 Å². The SMILES string of the molecule is CCCOc1ccccc1CCCNC(=O)CN(c1ccc(C)cc1)S(=O)(=O)c1ccc(OC)cc1. The van der Waals surface area contributed by atoms with Gasteiger partial charge in [0.05, 0.1) is 24.3 Å². The Kier molecular flexibility index (Phi) is 9.76. The lowest BCUT2D eigenvalue weighted by molar-refractivity contribution is -0.119. The first kappa shape index (κ1) is 27.1. The van der Waals surface area contributed by atoms with Gasteiger partial charge in [-0.3, -0.25) is 9.10 Å². The van der Waals surface area contributed by atoms with Crippen LogP contribution in [0.3, 0.4) is 0 Å². The first-order chi connectivity index (χ1) is 17.3. The monoisotopic (exact) mass is 510 g/mol. The van der Waals surface area contributed by atoms with E-state index in [2.05, 4.69) is 12.2 Å². The molecule has 1 N–H and O–H groups in total. The molecule has 0 fully saturated rings. The van der Waals surface area contributed by atoms with Crippen molar-refractivity contribution in [1.82, 2.24) is 5.32 Å². The third-order valence-corrected chi connectivity index (χ3v) is 7.42. The number of nitrogens with one attached hydrogen (secondary N) is 1. The van der Waals surface area contributed by atoms with Gasteiger partial charge in [0, 0.05) is 6.54 Å². The average Bonchev–Trinajstić information content (AvgIpc) is 2.89. The number of para-hydroxylation sites is 1. The van der Waals surface area contributed by atoms with Crippen molar-refractivity contribution in [3.05, 3.63) is 83.9 Å². The van der Waals surface area contributed by atoms with Gasteiger partial charge in [0.1, 0.15) is 18.0 Å². The Labute approximate surface area is 214 Å². The molecule has 8 heteroatoms. The second-order valence-corrected chi connectivity index (χ2v) is 10.3. The van der Waals surface area contributed by atoms with Crippen LogP contribution in [0.4, 0.5) is 5.69 Å². The van der Waals surface area contributed by atoms with E-state index in [-0.39, 0.29) is 17.3 Å². The molecule has 36 heavy (non-hydrogen) atoms. The summed E-state index contributed by atoms with van der Waals surface area (Å²) in [4.78, 5) is 12.9. The van der Waals surface area contributed by atoms with E-state index in [4.69, 9.17) is 9.47 Å². The number of amides is 1. The number of anilines is 1. The zero-order valence-corrected chi connectivity index (χ0v) is 21.9. The number of rotatable bonds is 13. The highest BCUT2D eigenvalue weighted by Crippen LogP contribution is 2.25. The van der Waals surface area contributed by atoms with Gasteiger partial charge in [0.2, 0.25) is 5.91 Å². The molecule has 7 nitrogen and oxygen atoms in total. The Morgan fingerprint density at radius 2 is 1.67 bits per heavy atom. The lowest BCUT2D eigenvalue weighted by Gasteiger charge is -2.24. The largest absolute Gasteiger partial charge is 0.497 e. The third kappa shape index (κ3) is 7.24. The van der Waals surface area contributed by atoms with Gasteiger partial charge in [-0.1, -0.05) is 42.8 Å². The van der Waals surface area contributed by atoms with E-state index < -0.39 is 10.0 Å². The van der Waals surface area contributed by atoms with Gasteiger partial charge in [-0.15, -0.1) is 0 Å². The molecular formula is C28H34N2O5S. The van der Waals surface area contributed by atoms with E-state index >= 15 is 0 Å². The average molecular weight is 511 g/mol. The number of benzene rings is 3. The molecule has 0 saturated carbocycles. The molecule has 0 aliphatic rings. The molecule has 3 rings (SSSR count). The van der Waals surface area contributed by atoms with E-state index in [0.29, 0.717) is 31.0 Å². The maximum absolute atomic E-state index is 13.5. The molecule has 0 bridgehead atoms. The number of aryl methyl sites for hydroxylation is 2. The quantitative estimate of drug-likeness (QED) is 0.336. The van der Waals surface area contributed by atoms with Crippen molar-refractivity contribution in [1.29, 1.82) is 0 Å². The molecule has 0 heterocycles. The molecule has 3 aromatic carbocycles. The zero-order valence-electron chi connectivity index (χ0n) is 21.1. The molecule has 0 saturated heterocycles. The number of carbonyl (C=O) groups excluding carboxylic acids is 1. The van der Waals surface area contributed by atoms with Gasteiger partial charge >= 0.3 is 0 Å². The highest BCUT2D eigenvalue weighted by molar-refractivity contribution is 7.92. The topological polar surface area (TPSA) is 84.9 Å².